The Hall–Kier alpha value is -1.76. The molecule has 0 saturated heterocycles. The average Bonchev–Trinajstić information content (AvgIpc) is 2.22. The summed E-state index contributed by atoms with van der Waals surface area (Å²) in [6.45, 7) is 1.30. The summed E-state index contributed by atoms with van der Waals surface area (Å²) in [7, 11) is 0. The summed E-state index contributed by atoms with van der Waals surface area (Å²) in [5.41, 5.74) is -0.00208. The van der Waals surface area contributed by atoms with Gasteiger partial charge < -0.3 is 5.11 Å². The van der Waals surface area contributed by atoms with Crippen LogP contribution in [0.1, 0.15) is 13.3 Å². The SMILES string of the molecule is C/C(=C\CC(O)C(=O)N=O)C(=O)N=O. The Balaban J connectivity index is 4.28. The third kappa shape index (κ3) is 3.76. The van der Waals surface area contributed by atoms with Crippen molar-refractivity contribution in [1.82, 2.24) is 0 Å². The summed E-state index contributed by atoms with van der Waals surface area (Å²) >= 11 is 0. The normalized spacial score (nSPS) is 13.1. The van der Waals surface area contributed by atoms with Gasteiger partial charge in [0.2, 0.25) is 0 Å². The van der Waals surface area contributed by atoms with Crippen LogP contribution in [0, 0.1) is 9.81 Å². The van der Waals surface area contributed by atoms with Crippen LogP contribution in [0.25, 0.3) is 0 Å². The molecular weight excluding hydrogens is 192 g/mol. The van der Waals surface area contributed by atoms with Crippen molar-refractivity contribution in [2.75, 3.05) is 0 Å². The molecule has 1 atom stereocenters. The Morgan fingerprint density at radius 3 is 2.36 bits per heavy atom. The molecule has 0 aliphatic rings. The second-order valence-corrected chi connectivity index (χ2v) is 2.46. The van der Waals surface area contributed by atoms with E-state index in [2.05, 4.69) is 5.18 Å². The number of amides is 2. The van der Waals surface area contributed by atoms with Crippen LogP contribution in [-0.2, 0) is 9.59 Å². The maximum absolute atomic E-state index is 10.6. The van der Waals surface area contributed by atoms with Gasteiger partial charge in [-0.3, -0.25) is 9.59 Å². The first kappa shape index (κ1) is 12.2. The second kappa shape index (κ2) is 5.81. The second-order valence-electron chi connectivity index (χ2n) is 2.46. The van der Waals surface area contributed by atoms with Crippen LogP contribution in [-0.4, -0.2) is 23.0 Å². The lowest BCUT2D eigenvalue weighted by atomic mass is 10.1. The first-order valence-corrected chi connectivity index (χ1v) is 3.62. The number of aliphatic hydroxyl groups excluding tert-OH is 1. The summed E-state index contributed by atoms with van der Waals surface area (Å²) in [6, 6.07) is 0. The van der Waals surface area contributed by atoms with Crippen LogP contribution in [0.3, 0.4) is 0 Å². The van der Waals surface area contributed by atoms with Crippen LogP contribution in [0.5, 0.6) is 0 Å². The zero-order chi connectivity index (χ0) is 11.1. The van der Waals surface area contributed by atoms with Gasteiger partial charge in [0.05, 0.1) is 0 Å². The van der Waals surface area contributed by atoms with E-state index >= 15 is 0 Å². The van der Waals surface area contributed by atoms with Crippen LogP contribution in [0.15, 0.2) is 22.0 Å². The molecule has 0 spiro atoms. The van der Waals surface area contributed by atoms with Crippen LogP contribution in [0.2, 0.25) is 0 Å². The summed E-state index contributed by atoms with van der Waals surface area (Å²) in [4.78, 5) is 40.4. The van der Waals surface area contributed by atoms with Gasteiger partial charge in [0.15, 0.2) is 0 Å². The van der Waals surface area contributed by atoms with E-state index in [0.29, 0.717) is 0 Å². The molecule has 0 saturated carbocycles. The molecule has 7 nitrogen and oxygen atoms in total. The minimum atomic E-state index is -1.58. The molecule has 1 unspecified atom stereocenters. The molecule has 0 heterocycles. The first-order chi connectivity index (χ1) is 6.52. The minimum Gasteiger partial charge on any atom is -0.383 e. The van der Waals surface area contributed by atoms with Gasteiger partial charge in [-0.25, -0.2) is 0 Å². The summed E-state index contributed by atoms with van der Waals surface area (Å²) < 4.78 is 0. The first-order valence-electron chi connectivity index (χ1n) is 3.62. The van der Waals surface area contributed by atoms with Gasteiger partial charge in [0, 0.05) is 22.3 Å². The van der Waals surface area contributed by atoms with E-state index in [1.807, 2.05) is 5.18 Å². The molecule has 0 aromatic rings. The molecule has 76 valence electrons. The van der Waals surface area contributed by atoms with E-state index in [1.54, 1.807) is 0 Å². The van der Waals surface area contributed by atoms with Gasteiger partial charge >= 0.3 is 11.8 Å². The lowest BCUT2D eigenvalue weighted by molar-refractivity contribution is -0.125. The molecule has 7 heteroatoms. The van der Waals surface area contributed by atoms with Crippen molar-refractivity contribution in [2.24, 2.45) is 10.4 Å². The molecule has 0 aromatic carbocycles. The van der Waals surface area contributed by atoms with Gasteiger partial charge in [-0.15, -0.1) is 9.81 Å². The number of nitrogens with zero attached hydrogens (tertiary/aromatic N) is 2. The van der Waals surface area contributed by atoms with Gasteiger partial charge in [-0.05, 0) is 6.92 Å². The Kier molecular flexibility index (Phi) is 5.08. The van der Waals surface area contributed by atoms with Crippen molar-refractivity contribution in [2.45, 2.75) is 19.4 Å². The maximum atomic E-state index is 10.6. The topological polar surface area (TPSA) is 113 Å². The van der Waals surface area contributed by atoms with Crippen molar-refractivity contribution >= 4 is 11.8 Å². The summed E-state index contributed by atoms with van der Waals surface area (Å²) in [5, 5.41) is 13.0. The Labute approximate surface area is 78.7 Å². The number of hydrogen-bond donors (Lipinski definition) is 1. The van der Waals surface area contributed by atoms with Gasteiger partial charge in [0.1, 0.15) is 6.10 Å². The minimum absolute atomic E-state index is 0.00208. The van der Waals surface area contributed by atoms with Crippen molar-refractivity contribution < 1.29 is 14.7 Å². The van der Waals surface area contributed by atoms with Crippen LogP contribution < -0.4 is 0 Å². The largest absolute Gasteiger partial charge is 0.383 e. The molecule has 0 rings (SSSR count). The molecule has 0 aliphatic carbocycles. The molecule has 0 radical (unpaired) electrons. The van der Waals surface area contributed by atoms with Gasteiger partial charge in [-0.2, -0.15) is 0 Å². The molecule has 0 fully saturated rings. The average molecular weight is 200 g/mol. The number of carbonyl (C=O) groups is 2. The Bertz CT molecular complexity index is 296. The molecule has 2 amide bonds. The highest BCUT2D eigenvalue weighted by Crippen LogP contribution is 2.02. The fraction of sp³-hybridized carbons (Fsp3) is 0.429. The van der Waals surface area contributed by atoms with Crippen molar-refractivity contribution in [3.05, 3.63) is 21.5 Å². The number of hydrogen-bond acceptors (Lipinski definition) is 5. The predicted octanol–water partition coefficient (Wildman–Crippen LogP) is 0.270. The summed E-state index contributed by atoms with van der Waals surface area (Å²) in [6.07, 6.45) is -0.697. The van der Waals surface area contributed by atoms with E-state index in [9.17, 15) is 19.4 Å². The fourth-order valence-electron chi connectivity index (χ4n) is 0.609. The zero-order valence-electron chi connectivity index (χ0n) is 7.34. The highest BCUT2D eigenvalue weighted by Gasteiger charge is 2.14. The number of carbonyl (C=O) groups excluding carboxylic acids is 2. The lowest BCUT2D eigenvalue weighted by Gasteiger charge is -1.99. The molecular formula is C7H8N2O5. The van der Waals surface area contributed by atoms with Gasteiger partial charge in [-0.1, -0.05) is 6.08 Å². The number of nitroso groups, excluding NO2 is 2. The zero-order valence-corrected chi connectivity index (χ0v) is 7.34. The van der Waals surface area contributed by atoms with Gasteiger partial charge in [0.25, 0.3) is 0 Å². The lowest BCUT2D eigenvalue weighted by Crippen LogP contribution is -2.16. The third-order valence-corrected chi connectivity index (χ3v) is 1.44. The summed E-state index contributed by atoms with van der Waals surface area (Å²) in [5.74, 6) is -2.20. The standard InChI is InChI=1S/C7H8N2O5/c1-4(6(11)8-13)2-3-5(10)7(12)9-14/h2,5,10H,3H2,1H3/b4-2+. The third-order valence-electron chi connectivity index (χ3n) is 1.44. The monoisotopic (exact) mass is 200 g/mol. The van der Waals surface area contributed by atoms with E-state index in [1.165, 1.54) is 6.92 Å². The predicted molar refractivity (Wildman–Crippen MR) is 46.0 cm³/mol. The fourth-order valence-corrected chi connectivity index (χ4v) is 0.609. The van der Waals surface area contributed by atoms with E-state index in [4.69, 9.17) is 5.11 Å². The maximum Gasteiger partial charge on any atom is 0.314 e. The highest BCUT2D eigenvalue weighted by atomic mass is 16.3. The quantitative estimate of drug-likeness (QED) is 0.516. The molecule has 14 heavy (non-hydrogen) atoms. The smallest absolute Gasteiger partial charge is 0.314 e. The van der Waals surface area contributed by atoms with Crippen LogP contribution in [0.4, 0.5) is 0 Å². The molecule has 1 N–H and O–H groups in total. The van der Waals surface area contributed by atoms with E-state index < -0.39 is 17.9 Å². The van der Waals surface area contributed by atoms with Crippen molar-refractivity contribution in [1.29, 1.82) is 0 Å². The molecule has 0 aromatic heterocycles. The van der Waals surface area contributed by atoms with Crippen molar-refractivity contribution in [3.8, 4) is 0 Å². The van der Waals surface area contributed by atoms with E-state index in [-0.39, 0.29) is 12.0 Å². The highest BCUT2D eigenvalue weighted by molar-refractivity contribution is 5.93. The molecule has 0 aliphatic heterocycles. The van der Waals surface area contributed by atoms with Crippen molar-refractivity contribution in [3.63, 3.8) is 0 Å². The van der Waals surface area contributed by atoms with Crippen LogP contribution >= 0.6 is 0 Å². The Morgan fingerprint density at radius 1 is 1.36 bits per heavy atom. The Morgan fingerprint density at radius 2 is 1.93 bits per heavy atom. The number of rotatable bonds is 4. The molecule has 0 bridgehead atoms. The van der Waals surface area contributed by atoms with E-state index in [0.717, 1.165) is 6.08 Å². The number of aliphatic hydroxyl groups is 1.